The Labute approximate surface area is 174 Å². The van der Waals surface area contributed by atoms with Gasteiger partial charge in [-0.25, -0.2) is 0 Å². The van der Waals surface area contributed by atoms with Crippen molar-refractivity contribution in [2.45, 2.75) is 18.9 Å². The number of nitro benzene ring substituents is 1. The Bertz CT molecular complexity index is 933. The maximum absolute atomic E-state index is 12.7. The van der Waals surface area contributed by atoms with E-state index >= 15 is 0 Å². The summed E-state index contributed by atoms with van der Waals surface area (Å²) >= 11 is 0. The molecule has 1 fully saturated rings. The summed E-state index contributed by atoms with van der Waals surface area (Å²) in [5.74, 6) is 1.51. The third kappa shape index (κ3) is 4.62. The Morgan fingerprint density at radius 1 is 1.13 bits per heavy atom. The van der Waals surface area contributed by atoms with Crippen LogP contribution in [0.2, 0.25) is 0 Å². The number of nitrogens with one attached hydrogen (secondary N) is 1. The first-order chi connectivity index (χ1) is 14.5. The van der Waals surface area contributed by atoms with Gasteiger partial charge in [-0.05, 0) is 31.5 Å². The fraction of sp³-hybridized carbons (Fsp3) is 0.381. The zero-order valence-electron chi connectivity index (χ0n) is 17.2. The standard InChI is InChI=1S/C21H25N3O6/c1-28-15-7-8-16(20(12-15)30-3)18-5-4-10-23(18)13-21(25)22-17-11-14(24(26)27)6-9-19(17)29-2/h6-9,11-12,18H,4-5,10,13H2,1-3H3,(H,22,25)/t18-/m1/s1. The van der Waals surface area contributed by atoms with E-state index in [1.807, 2.05) is 18.2 Å². The topological polar surface area (TPSA) is 103 Å². The molecule has 1 aliphatic heterocycles. The molecule has 0 saturated carbocycles. The summed E-state index contributed by atoms with van der Waals surface area (Å²) in [6, 6.07) is 9.80. The number of benzene rings is 2. The molecule has 0 aromatic heterocycles. The Balaban J connectivity index is 1.75. The van der Waals surface area contributed by atoms with Crippen LogP contribution in [0, 0.1) is 10.1 Å². The predicted molar refractivity (Wildman–Crippen MR) is 111 cm³/mol. The van der Waals surface area contributed by atoms with Gasteiger partial charge >= 0.3 is 0 Å². The summed E-state index contributed by atoms with van der Waals surface area (Å²) in [4.78, 5) is 25.3. The second kappa shape index (κ2) is 9.45. The molecule has 0 aliphatic carbocycles. The Morgan fingerprint density at radius 2 is 1.90 bits per heavy atom. The van der Waals surface area contributed by atoms with E-state index in [1.54, 1.807) is 14.2 Å². The second-order valence-corrected chi connectivity index (χ2v) is 6.93. The lowest BCUT2D eigenvalue weighted by atomic mass is 10.0. The van der Waals surface area contributed by atoms with Crippen molar-refractivity contribution >= 4 is 17.3 Å². The van der Waals surface area contributed by atoms with Crippen molar-refractivity contribution in [2.75, 3.05) is 39.7 Å². The van der Waals surface area contributed by atoms with Crippen LogP contribution in [0.3, 0.4) is 0 Å². The van der Waals surface area contributed by atoms with Gasteiger partial charge < -0.3 is 19.5 Å². The number of carbonyl (C=O) groups excluding carboxylic acids is 1. The normalized spacial score (nSPS) is 16.2. The second-order valence-electron chi connectivity index (χ2n) is 6.93. The van der Waals surface area contributed by atoms with Crippen molar-refractivity contribution < 1.29 is 23.9 Å². The minimum Gasteiger partial charge on any atom is -0.497 e. The van der Waals surface area contributed by atoms with Crippen LogP contribution in [0.4, 0.5) is 11.4 Å². The van der Waals surface area contributed by atoms with E-state index in [0.29, 0.717) is 17.2 Å². The molecule has 1 atom stereocenters. The first-order valence-corrected chi connectivity index (χ1v) is 9.55. The van der Waals surface area contributed by atoms with Gasteiger partial charge in [-0.2, -0.15) is 0 Å². The van der Waals surface area contributed by atoms with Gasteiger partial charge in [-0.15, -0.1) is 0 Å². The lowest BCUT2D eigenvalue weighted by Gasteiger charge is -2.26. The van der Waals surface area contributed by atoms with Crippen molar-refractivity contribution in [3.63, 3.8) is 0 Å². The van der Waals surface area contributed by atoms with Gasteiger partial charge in [0.25, 0.3) is 5.69 Å². The molecule has 0 bridgehead atoms. The van der Waals surface area contributed by atoms with Gasteiger partial charge in [0.05, 0.1) is 38.5 Å². The lowest BCUT2D eigenvalue weighted by Crippen LogP contribution is -2.33. The molecular formula is C21H25N3O6. The Kier molecular flexibility index (Phi) is 6.73. The molecule has 1 N–H and O–H groups in total. The van der Waals surface area contributed by atoms with Crippen LogP contribution in [0.1, 0.15) is 24.4 Å². The maximum Gasteiger partial charge on any atom is 0.271 e. The zero-order valence-corrected chi connectivity index (χ0v) is 17.2. The van der Waals surface area contributed by atoms with Crippen molar-refractivity contribution in [3.05, 3.63) is 52.1 Å². The largest absolute Gasteiger partial charge is 0.497 e. The molecule has 160 valence electrons. The maximum atomic E-state index is 12.7. The molecular weight excluding hydrogens is 390 g/mol. The number of hydrogen-bond acceptors (Lipinski definition) is 7. The monoisotopic (exact) mass is 415 g/mol. The number of hydrogen-bond donors (Lipinski definition) is 1. The average molecular weight is 415 g/mol. The minimum absolute atomic E-state index is 0.0311. The van der Waals surface area contributed by atoms with Crippen LogP contribution in [0.15, 0.2) is 36.4 Å². The number of ether oxygens (including phenoxy) is 3. The van der Waals surface area contributed by atoms with Gasteiger partial charge in [0.1, 0.15) is 17.2 Å². The zero-order chi connectivity index (χ0) is 21.7. The summed E-state index contributed by atoms with van der Waals surface area (Å²) in [5.41, 5.74) is 1.15. The lowest BCUT2D eigenvalue weighted by molar-refractivity contribution is -0.384. The molecule has 30 heavy (non-hydrogen) atoms. The van der Waals surface area contributed by atoms with E-state index in [-0.39, 0.29) is 29.9 Å². The summed E-state index contributed by atoms with van der Waals surface area (Å²) in [7, 11) is 4.66. The molecule has 1 saturated heterocycles. The van der Waals surface area contributed by atoms with Crippen LogP contribution in [0.25, 0.3) is 0 Å². The van der Waals surface area contributed by atoms with Crippen LogP contribution >= 0.6 is 0 Å². The van der Waals surface area contributed by atoms with Crippen LogP contribution in [0.5, 0.6) is 17.2 Å². The van der Waals surface area contributed by atoms with Gasteiger partial charge in [0.2, 0.25) is 5.91 Å². The van der Waals surface area contributed by atoms with Gasteiger partial charge in [0, 0.05) is 29.8 Å². The highest BCUT2D eigenvalue weighted by Gasteiger charge is 2.30. The quantitative estimate of drug-likeness (QED) is 0.521. The van der Waals surface area contributed by atoms with E-state index in [4.69, 9.17) is 14.2 Å². The average Bonchev–Trinajstić information content (AvgIpc) is 3.20. The van der Waals surface area contributed by atoms with E-state index in [0.717, 1.165) is 24.9 Å². The molecule has 0 spiro atoms. The summed E-state index contributed by atoms with van der Waals surface area (Å²) in [6.07, 6.45) is 1.85. The molecule has 2 aromatic rings. The van der Waals surface area contributed by atoms with E-state index in [1.165, 1.54) is 25.3 Å². The third-order valence-electron chi connectivity index (χ3n) is 5.18. The molecule has 1 aliphatic rings. The molecule has 9 heteroatoms. The number of nitro groups is 1. The molecule has 0 radical (unpaired) electrons. The first kappa shape index (κ1) is 21.4. The minimum atomic E-state index is -0.512. The fourth-order valence-corrected chi connectivity index (χ4v) is 3.74. The van der Waals surface area contributed by atoms with E-state index in [9.17, 15) is 14.9 Å². The number of amides is 1. The highest BCUT2D eigenvalue weighted by Crippen LogP contribution is 2.38. The van der Waals surface area contributed by atoms with Crippen LogP contribution in [-0.4, -0.2) is 50.1 Å². The molecule has 0 unspecified atom stereocenters. The molecule has 1 heterocycles. The highest BCUT2D eigenvalue weighted by atomic mass is 16.6. The molecule has 2 aromatic carbocycles. The Morgan fingerprint density at radius 3 is 2.57 bits per heavy atom. The molecule has 3 rings (SSSR count). The summed E-state index contributed by atoms with van der Waals surface area (Å²) in [5, 5.41) is 13.8. The SMILES string of the molecule is COc1ccc([C@H]2CCCN2CC(=O)Nc2cc([N+](=O)[O-])ccc2OC)c(OC)c1. The molecule has 9 nitrogen and oxygen atoms in total. The Hall–Kier alpha value is -3.33. The number of carbonyl (C=O) groups is 1. The smallest absolute Gasteiger partial charge is 0.271 e. The van der Waals surface area contributed by atoms with Gasteiger partial charge in [-0.1, -0.05) is 6.07 Å². The van der Waals surface area contributed by atoms with Crippen LogP contribution < -0.4 is 19.5 Å². The number of anilines is 1. The first-order valence-electron chi connectivity index (χ1n) is 9.55. The highest BCUT2D eigenvalue weighted by molar-refractivity contribution is 5.94. The molecule has 1 amide bonds. The fourth-order valence-electron chi connectivity index (χ4n) is 3.74. The van der Waals surface area contributed by atoms with Gasteiger partial charge in [0.15, 0.2) is 0 Å². The third-order valence-corrected chi connectivity index (χ3v) is 5.18. The van der Waals surface area contributed by atoms with Crippen molar-refractivity contribution in [1.82, 2.24) is 4.90 Å². The van der Waals surface area contributed by atoms with Crippen molar-refractivity contribution in [2.24, 2.45) is 0 Å². The number of non-ortho nitro benzene ring substituents is 1. The van der Waals surface area contributed by atoms with Gasteiger partial charge in [-0.3, -0.25) is 19.8 Å². The van der Waals surface area contributed by atoms with Crippen molar-refractivity contribution in [3.8, 4) is 17.2 Å². The summed E-state index contributed by atoms with van der Waals surface area (Å²) in [6.45, 7) is 0.908. The van der Waals surface area contributed by atoms with Crippen molar-refractivity contribution in [1.29, 1.82) is 0 Å². The predicted octanol–water partition coefficient (Wildman–Crippen LogP) is 3.40. The summed E-state index contributed by atoms with van der Waals surface area (Å²) < 4.78 is 16.0. The number of likely N-dealkylation sites (tertiary alicyclic amines) is 1. The number of nitrogens with zero attached hydrogens (tertiary/aromatic N) is 2. The van der Waals surface area contributed by atoms with Crippen LogP contribution in [-0.2, 0) is 4.79 Å². The number of methoxy groups -OCH3 is 3. The van der Waals surface area contributed by atoms with E-state index < -0.39 is 4.92 Å². The van der Waals surface area contributed by atoms with E-state index in [2.05, 4.69) is 10.2 Å². The number of rotatable bonds is 8.